The lowest BCUT2D eigenvalue weighted by atomic mass is 9.54. The van der Waals surface area contributed by atoms with E-state index in [1.54, 1.807) is 6.07 Å². The van der Waals surface area contributed by atoms with Crippen LogP contribution in [0.25, 0.3) is 0 Å². The lowest BCUT2D eigenvalue weighted by Crippen LogP contribution is -2.52. The molecule has 0 amide bonds. The molecule has 0 radical (unpaired) electrons. The van der Waals surface area contributed by atoms with Gasteiger partial charge in [-0.1, -0.05) is 23.2 Å². The highest BCUT2D eigenvalue weighted by Crippen LogP contribution is 2.57. The van der Waals surface area contributed by atoms with Crippen LogP contribution in [-0.4, -0.2) is 27.2 Å². The molecule has 4 bridgehead atoms. The van der Waals surface area contributed by atoms with Crippen molar-refractivity contribution in [3.63, 3.8) is 0 Å². The van der Waals surface area contributed by atoms with Crippen molar-refractivity contribution in [2.75, 3.05) is 13.2 Å². The standard InChI is InChI=1S/C18H23Cl2NO3S/c19-15-1-2-16(20)17(8-15)25(22,23)21-3-4-24-18-9-12-5-13(10-18)7-14(6-12)11-18/h1-2,8,12-14,21H,3-7,9-11H2. The maximum atomic E-state index is 12.4. The molecule has 4 saturated carbocycles. The third-order valence-electron chi connectivity index (χ3n) is 5.97. The first-order chi connectivity index (χ1) is 11.9. The molecule has 1 aromatic rings. The molecule has 0 unspecified atom stereocenters. The molecule has 0 saturated heterocycles. The zero-order chi connectivity index (χ0) is 17.7. The maximum absolute atomic E-state index is 12.4. The molecular formula is C18H23Cl2NO3S. The van der Waals surface area contributed by atoms with Gasteiger partial charge < -0.3 is 4.74 Å². The molecular weight excluding hydrogens is 381 g/mol. The van der Waals surface area contributed by atoms with Gasteiger partial charge in [-0.2, -0.15) is 0 Å². The molecule has 4 aliphatic carbocycles. The molecule has 0 heterocycles. The van der Waals surface area contributed by atoms with Crippen molar-refractivity contribution in [3.05, 3.63) is 28.2 Å². The maximum Gasteiger partial charge on any atom is 0.242 e. The van der Waals surface area contributed by atoms with E-state index in [9.17, 15) is 8.42 Å². The topological polar surface area (TPSA) is 55.4 Å². The molecule has 4 fully saturated rings. The fraction of sp³-hybridized carbons (Fsp3) is 0.667. The molecule has 138 valence electrons. The molecule has 0 spiro atoms. The van der Waals surface area contributed by atoms with Gasteiger partial charge in [-0.3, -0.25) is 0 Å². The van der Waals surface area contributed by atoms with Gasteiger partial charge in [0.15, 0.2) is 0 Å². The SMILES string of the molecule is O=S(=O)(NCCOC12CC3CC(CC(C3)C1)C2)c1cc(Cl)ccc1Cl. The highest BCUT2D eigenvalue weighted by molar-refractivity contribution is 7.89. The lowest BCUT2D eigenvalue weighted by Gasteiger charge is -2.56. The summed E-state index contributed by atoms with van der Waals surface area (Å²) in [5.74, 6) is 2.44. The van der Waals surface area contributed by atoms with Gasteiger partial charge in [0.25, 0.3) is 0 Å². The summed E-state index contributed by atoms with van der Waals surface area (Å²) in [6.07, 6.45) is 7.52. The number of nitrogens with one attached hydrogen (secondary N) is 1. The molecule has 4 nitrogen and oxygen atoms in total. The predicted octanol–water partition coefficient (Wildman–Crippen LogP) is 4.26. The van der Waals surface area contributed by atoms with Gasteiger partial charge in [0, 0.05) is 11.6 Å². The summed E-state index contributed by atoms with van der Waals surface area (Å²) in [5.41, 5.74) is -0.00606. The largest absolute Gasteiger partial charge is 0.374 e. The van der Waals surface area contributed by atoms with Gasteiger partial charge >= 0.3 is 0 Å². The molecule has 0 atom stereocenters. The van der Waals surface area contributed by atoms with Gasteiger partial charge in [0.2, 0.25) is 10.0 Å². The van der Waals surface area contributed by atoms with Crippen molar-refractivity contribution in [2.45, 2.75) is 49.0 Å². The Bertz CT molecular complexity index is 730. The molecule has 5 rings (SSSR count). The average Bonchev–Trinajstić information content (AvgIpc) is 2.52. The van der Waals surface area contributed by atoms with E-state index in [-0.39, 0.29) is 22.1 Å². The third kappa shape index (κ3) is 3.72. The second-order valence-electron chi connectivity index (χ2n) is 7.92. The lowest BCUT2D eigenvalue weighted by molar-refractivity contribution is -0.160. The van der Waals surface area contributed by atoms with Crippen LogP contribution < -0.4 is 4.72 Å². The second kappa shape index (κ2) is 6.68. The summed E-state index contributed by atoms with van der Waals surface area (Å²) in [6.45, 7) is 0.635. The Hall–Kier alpha value is -0.330. The molecule has 25 heavy (non-hydrogen) atoms. The van der Waals surface area contributed by atoms with E-state index in [4.69, 9.17) is 27.9 Å². The minimum absolute atomic E-state index is 0.00606. The molecule has 4 aliphatic rings. The van der Waals surface area contributed by atoms with Crippen molar-refractivity contribution >= 4 is 33.2 Å². The van der Waals surface area contributed by atoms with Gasteiger partial charge in [-0.05, 0) is 74.5 Å². The predicted molar refractivity (Wildman–Crippen MR) is 98.5 cm³/mol. The molecule has 0 aliphatic heterocycles. The first-order valence-electron chi connectivity index (χ1n) is 8.94. The minimum Gasteiger partial charge on any atom is -0.374 e. The van der Waals surface area contributed by atoms with Gasteiger partial charge in [0.1, 0.15) is 4.90 Å². The van der Waals surface area contributed by atoms with Crippen LogP contribution in [0, 0.1) is 17.8 Å². The summed E-state index contributed by atoms with van der Waals surface area (Å²) in [7, 11) is -3.69. The number of sulfonamides is 1. The fourth-order valence-corrected chi connectivity index (χ4v) is 7.19. The Balaban J connectivity index is 1.34. The normalized spacial score (nSPS) is 33.8. The van der Waals surface area contributed by atoms with Gasteiger partial charge in [-0.15, -0.1) is 0 Å². The summed E-state index contributed by atoms with van der Waals surface area (Å²) in [6, 6.07) is 4.43. The fourth-order valence-electron chi connectivity index (χ4n) is 5.41. The number of benzene rings is 1. The molecule has 1 N–H and O–H groups in total. The third-order valence-corrected chi connectivity index (χ3v) is 8.14. The van der Waals surface area contributed by atoms with E-state index in [0.717, 1.165) is 37.0 Å². The number of rotatable bonds is 6. The van der Waals surface area contributed by atoms with Crippen molar-refractivity contribution in [2.24, 2.45) is 17.8 Å². The van der Waals surface area contributed by atoms with Crippen molar-refractivity contribution in [1.29, 1.82) is 0 Å². The van der Waals surface area contributed by atoms with Crippen LogP contribution in [-0.2, 0) is 14.8 Å². The van der Waals surface area contributed by atoms with E-state index in [1.165, 1.54) is 31.4 Å². The zero-order valence-corrected chi connectivity index (χ0v) is 16.3. The van der Waals surface area contributed by atoms with E-state index in [1.807, 2.05) is 0 Å². The Kier molecular flexibility index (Phi) is 4.82. The van der Waals surface area contributed by atoms with E-state index >= 15 is 0 Å². The van der Waals surface area contributed by atoms with Crippen LogP contribution in [0.5, 0.6) is 0 Å². The summed E-state index contributed by atoms with van der Waals surface area (Å²) < 4.78 is 33.7. The smallest absolute Gasteiger partial charge is 0.242 e. The molecule has 0 aromatic heterocycles. The number of ether oxygens (including phenoxy) is 1. The van der Waals surface area contributed by atoms with Gasteiger partial charge in [0.05, 0.1) is 17.2 Å². The number of hydrogen-bond donors (Lipinski definition) is 1. The van der Waals surface area contributed by atoms with Crippen LogP contribution in [0.15, 0.2) is 23.1 Å². The Labute approximate surface area is 159 Å². The quantitative estimate of drug-likeness (QED) is 0.721. The Morgan fingerprint density at radius 1 is 1.08 bits per heavy atom. The summed E-state index contributed by atoms with van der Waals surface area (Å²) in [5, 5.41) is 0.508. The van der Waals surface area contributed by atoms with Crippen LogP contribution in [0.1, 0.15) is 38.5 Å². The first kappa shape index (κ1) is 18.1. The van der Waals surface area contributed by atoms with Crippen LogP contribution in [0.4, 0.5) is 0 Å². The minimum atomic E-state index is -3.69. The van der Waals surface area contributed by atoms with E-state index in [0.29, 0.717) is 11.6 Å². The summed E-state index contributed by atoms with van der Waals surface area (Å²) >= 11 is 11.9. The van der Waals surface area contributed by atoms with Crippen LogP contribution in [0.2, 0.25) is 10.0 Å². The van der Waals surface area contributed by atoms with Gasteiger partial charge in [-0.25, -0.2) is 13.1 Å². The first-order valence-corrected chi connectivity index (χ1v) is 11.2. The zero-order valence-electron chi connectivity index (χ0n) is 14.0. The van der Waals surface area contributed by atoms with E-state index in [2.05, 4.69) is 4.72 Å². The van der Waals surface area contributed by atoms with Crippen molar-refractivity contribution < 1.29 is 13.2 Å². The Morgan fingerprint density at radius 3 is 2.28 bits per heavy atom. The highest BCUT2D eigenvalue weighted by atomic mass is 35.5. The van der Waals surface area contributed by atoms with E-state index < -0.39 is 10.0 Å². The van der Waals surface area contributed by atoms with Crippen LogP contribution >= 0.6 is 23.2 Å². The monoisotopic (exact) mass is 403 g/mol. The Morgan fingerprint density at radius 2 is 1.68 bits per heavy atom. The number of hydrogen-bond acceptors (Lipinski definition) is 3. The second-order valence-corrected chi connectivity index (χ2v) is 10.5. The van der Waals surface area contributed by atoms with Crippen molar-refractivity contribution in [3.8, 4) is 0 Å². The average molecular weight is 404 g/mol. The molecule has 1 aromatic carbocycles. The summed E-state index contributed by atoms with van der Waals surface area (Å²) in [4.78, 5) is 0.0106. The van der Waals surface area contributed by atoms with Crippen LogP contribution in [0.3, 0.4) is 0 Å². The van der Waals surface area contributed by atoms with Crippen molar-refractivity contribution in [1.82, 2.24) is 4.72 Å². The highest BCUT2D eigenvalue weighted by Gasteiger charge is 2.51. The number of halogens is 2. The molecule has 7 heteroatoms.